The molecule has 0 unspecified atom stereocenters. The van der Waals surface area contributed by atoms with E-state index in [-0.39, 0.29) is 6.61 Å². The monoisotopic (exact) mass is 336 g/mol. The summed E-state index contributed by atoms with van der Waals surface area (Å²) in [6.07, 6.45) is 3.65. The standard InChI is InChI=1S/C19H17FN4O/c1-24-17-8-10-21-12-16(17)15-6-7-18(23-19(15)24)22-13-2-4-14(5-3-13)25-11-9-20/h2-8,10,12H,9,11H2,1H3,(H,22,23). The van der Waals surface area contributed by atoms with Crippen molar-refractivity contribution in [2.24, 2.45) is 7.05 Å². The predicted octanol–water partition coefficient (Wildman–Crippen LogP) is 4.21. The maximum Gasteiger partial charge on any atom is 0.143 e. The number of ether oxygens (including phenoxy) is 1. The lowest BCUT2D eigenvalue weighted by molar-refractivity contribution is 0.273. The predicted molar refractivity (Wildman–Crippen MR) is 97.2 cm³/mol. The van der Waals surface area contributed by atoms with E-state index in [0.29, 0.717) is 5.75 Å². The molecule has 4 aromatic rings. The van der Waals surface area contributed by atoms with Gasteiger partial charge in [-0.25, -0.2) is 9.37 Å². The summed E-state index contributed by atoms with van der Waals surface area (Å²) in [6.45, 7) is -0.425. The van der Waals surface area contributed by atoms with Crippen molar-refractivity contribution in [2.75, 3.05) is 18.6 Å². The highest BCUT2D eigenvalue weighted by Gasteiger charge is 2.10. The van der Waals surface area contributed by atoms with Gasteiger partial charge >= 0.3 is 0 Å². The molecule has 0 aliphatic heterocycles. The van der Waals surface area contributed by atoms with Gasteiger partial charge in [-0.15, -0.1) is 0 Å². The van der Waals surface area contributed by atoms with E-state index < -0.39 is 6.67 Å². The average molecular weight is 336 g/mol. The van der Waals surface area contributed by atoms with E-state index in [2.05, 4.69) is 14.9 Å². The van der Waals surface area contributed by atoms with Crippen LogP contribution in [0.5, 0.6) is 5.75 Å². The highest BCUT2D eigenvalue weighted by molar-refractivity contribution is 6.06. The highest BCUT2D eigenvalue weighted by Crippen LogP contribution is 2.28. The molecule has 1 N–H and O–H groups in total. The Morgan fingerprint density at radius 2 is 1.92 bits per heavy atom. The number of rotatable bonds is 5. The van der Waals surface area contributed by atoms with E-state index >= 15 is 0 Å². The van der Waals surface area contributed by atoms with Gasteiger partial charge in [-0.05, 0) is 42.5 Å². The van der Waals surface area contributed by atoms with Gasteiger partial charge in [0.05, 0.1) is 5.52 Å². The van der Waals surface area contributed by atoms with Gasteiger partial charge in [0.2, 0.25) is 0 Å². The molecule has 0 atom stereocenters. The summed E-state index contributed by atoms with van der Waals surface area (Å²) < 4.78 is 19.4. The van der Waals surface area contributed by atoms with Crippen molar-refractivity contribution in [3.05, 3.63) is 54.9 Å². The Morgan fingerprint density at radius 1 is 1.08 bits per heavy atom. The Morgan fingerprint density at radius 3 is 2.72 bits per heavy atom. The lowest BCUT2D eigenvalue weighted by atomic mass is 10.2. The SMILES string of the molecule is Cn1c2ccncc2c2ccc(Nc3ccc(OCCF)cc3)nc21. The first kappa shape index (κ1) is 15.4. The quantitative estimate of drug-likeness (QED) is 0.593. The van der Waals surface area contributed by atoms with Crippen molar-refractivity contribution in [1.29, 1.82) is 0 Å². The minimum absolute atomic E-state index is 0.0703. The molecule has 0 radical (unpaired) electrons. The number of aromatic nitrogens is 3. The van der Waals surface area contributed by atoms with E-state index in [4.69, 9.17) is 9.72 Å². The minimum Gasteiger partial charge on any atom is -0.491 e. The van der Waals surface area contributed by atoms with Crippen LogP contribution >= 0.6 is 0 Å². The largest absolute Gasteiger partial charge is 0.491 e. The number of pyridine rings is 2. The summed E-state index contributed by atoms with van der Waals surface area (Å²) in [6, 6.07) is 13.4. The zero-order chi connectivity index (χ0) is 17.2. The molecule has 0 aliphatic carbocycles. The van der Waals surface area contributed by atoms with E-state index in [1.165, 1.54) is 0 Å². The molecular weight excluding hydrogens is 319 g/mol. The van der Waals surface area contributed by atoms with Crippen LogP contribution in [0.3, 0.4) is 0 Å². The highest BCUT2D eigenvalue weighted by atomic mass is 19.1. The molecule has 1 aromatic carbocycles. The Labute approximate surface area is 144 Å². The Kier molecular flexibility index (Phi) is 3.93. The van der Waals surface area contributed by atoms with Gasteiger partial charge in [-0.2, -0.15) is 0 Å². The number of fused-ring (bicyclic) bond motifs is 3. The van der Waals surface area contributed by atoms with Crippen LogP contribution in [0.25, 0.3) is 21.9 Å². The van der Waals surface area contributed by atoms with Crippen LogP contribution < -0.4 is 10.1 Å². The normalized spacial score (nSPS) is 11.1. The van der Waals surface area contributed by atoms with Crippen LogP contribution in [-0.4, -0.2) is 27.8 Å². The second kappa shape index (κ2) is 6.39. The third-order valence-corrected chi connectivity index (χ3v) is 4.12. The summed E-state index contributed by atoms with van der Waals surface area (Å²) in [5.41, 5.74) is 2.89. The van der Waals surface area contributed by atoms with Gasteiger partial charge in [-0.3, -0.25) is 4.98 Å². The maximum absolute atomic E-state index is 12.1. The van der Waals surface area contributed by atoms with Crippen molar-refractivity contribution in [3.8, 4) is 5.75 Å². The van der Waals surface area contributed by atoms with Crippen molar-refractivity contribution in [1.82, 2.24) is 14.5 Å². The van der Waals surface area contributed by atoms with Crippen LogP contribution in [0.15, 0.2) is 54.9 Å². The van der Waals surface area contributed by atoms with Crippen LogP contribution in [0, 0.1) is 0 Å². The smallest absolute Gasteiger partial charge is 0.143 e. The fourth-order valence-electron chi connectivity index (χ4n) is 2.92. The minimum atomic E-state index is -0.496. The van der Waals surface area contributed by atoms with E-state index in [9.17, 15) is 4.39 Å². The molecule has 5 nitrogen and oxygen atoms in total. The van der Waals surface area contributed by atoms with Crippen molar-refractivity contribution >= 4 is 33.4 Å². The average Bonchev–Trinajstić information content (AvgIpc) is 2.94. The maximum atomic E-state index is 12.1. The van der Waals surface area contributed by atoms with Crippen LogP contribution in [0.2, 0.25) is 0 Å². The Hall–Kier alpha value is -3.15. The number of nitrogens with one attached hydrogen (secondary N) is 1. The number of hydrogen-bond acceptors (Lipinski definition) is 4. The fourth-order valence-corrected chi connectivity index (χ4v) is 2.92. The summed E-state index contributed by atoms with van der Waals surface area (Å²) in [4.78, 5) is 8.93. The molecule has 6 heteroatoms. The molecule has 3 aromatic heterocycles. The van der Waals surface area contributed by atoms with E-state index in [1.54, 1.807) is 18.3 Å². The molecule has 0 saturated carbocycles. The molecule has 126 valence electrons. The summed E-state index contributed by atoms with van der Waals surface area (Å²) in [7, 11) is 2.00. The summed E-state index contributed by atoms with van der Waals surface area (Å²) in [5.74, 6) is 1.40. The molecule has 0 saturated heterocycles. The molecule has 0 aliphatic rings. The zero-order valence-electron chi connectivity index (χ0n) is 13.7. The van der Waals surface area contributed by atoms with Gasteiger partial charge in [0, 0.05) is 35.9 Å². The summed E-state index contributed by atoms with van der Waals surface area (Å²) >= 11 is 0. The molecule has 3 heterocycles. The Balaban J connectivity index is 1.63. The van der Waals surface area contributed by atoms with E-state index in [0.717, 1.165) is 33.4 Å². The fraction of sp³-hybridized carbons (Fsp3) is 0.158. The number of aryl methyl sites for hydroxylation is 1. The van der Waals surface area contributed by atoms with Crippen molar-refractivity contribution < 1.29 is 9.13 Å². The first-order valence-corrected chi connectivity index (χ1v) is 8.01. The molecule has 0 fully saturated rings. The molecular formula is C19H17FN4O. The second-order valence-electron chi connectivity index (χ2n) is 5.71. The summed E-state index contributed by atoms with van der Waals surface area (Å²) in [5, 5.41) is 5.45. The number of nitrogens with zero attached hydrogens (tertiary/aromatic N) is 3. The Bertz CT molecular complexity index is 1030. The topological polar surface area (TPSA) is 52.0 Å². The molecule has 0 amide bonds. The lowest BCUT2D eigenvalue weighted by Gasteiger charge is -2.08. The van der Waals surface area contributed by atoms with Gasteiger partial charge in [-0.1, -0.05) is 0 Å². The number of halogens is 1. The van der Waals surface area contributed by atoms with Gasteiger partial charge in [0.15, 0.2) is 0 Å². The van der Waals surface area contributed by atoms with Crippen LogP contribution in [0.1, 0.15) is 0 Å². The van der Waals surface area contributed by atoms with Crippen LogP contribution in [0.4, 0.5) is 15.9 Å². The third-order valence-electron chi connectivity index (χ3n) is 4.12. The first-order chi connectivity index (χ1) is 12.3. The van der Waals surface area contributed by atoms with Crippen molar-refractivity contribution in [2.45, 2.75) is 0 Å². The van der Waals surface area contributed by atoms with E-state index in [1.807, 2.05) is 43.6 Å². The molecule has 25 heavy (non-hydrogen) atoms. The third kappa shape index (κ3) is 2.87. The number of anilines is 2. The van der Waals surface area contributed by atoms with Gasteiger partial charge in [0.25, 0.3) is 0 Å². The first-order valence-electron chi connectivity index (χ1n) is 8.01. The van der Waals surface area contributed by atoms with Gasteiger partial charge in [0.1, 0.15) is 30.5 Å². The molecule has 0 spiro atoms. The number of alkyl halides is 1. The van der Waals surface area contributed by atoms with Gasteiger partial charge < -0.3 is 14.6 Å². The molecule has 4 rings (SSSR count). The zero-order valence-corrected chi connectivity index (χ0v) is 13.7. The lowest BCUT2D eigenvalue weighted by Crippen LogP contribution is -1.99. The van der Waals surface area contributed by atoms with Crippen LogP contribution in [-0.2, 0) is 7.05 Å². The number of benzene rings is 1. The van der Waals surface area contributed by atoms with Crippen molar-refractivity contribution in [3.63, 3.8) is 0 Å². The second-order valence-corrected chi connectivity index (χ2v) is 5.71. The molecule has 0 bridgehead atoms. The number of hydrogen-bond donors (Lipinski definition) is 1.